The molecule has 4 heteroatoms. The molecule has 0 heterocycles. The molecule has 0 radical (unpaired) electrons. The molecule has 104 valence electrons. The Bertz CT molecular complexity index is 653. The Hall–Kier alpha value is -1.81. The predicted molar refractivity (Wildman–Crippen MR) is 87.1 cm³/mol. The van der Waals surface area contributed by atoms with E-state index in [4.69, 9.17) is 5.73 Å². The Kier molecular flexibility index (Phi) is 4.45. The third-order valence-electron chi connectivity index (χ3n) is 3.30. The number of rotatable bonds is 3. The highest BCUT2D eigenvalue weighted by molar-refractivity contribution is 9.10. The molecule has 0 bridgehead atoms. The van der Waals surface area contributed by atoms with Gasteiger partial charge >= 0.3 is 0 Å². The highest BCUT2D eigenvalue weighted by Crippen LogP contribution is 2.24. The van der Waals surface area contributed by atoms with E-state index in [0.717, 1.165) is 27.7 Å². The van der Waals surface area contributed by atoms with Crippen molar-refractivity contribution in [3.63, 3.8) is 0 Å². The molecule has 3 nitrogen and oxygen atoms in total. The van der Waals surface area contributed by atoms with Crippen LogP contribution in [0.3, 0.4) is 0 Å². The molecule has 2 rings (SSSR count). The topological polar surface area (TPSA) is 55.1 Å². The molecule has 20 heavy (non-hydrogen) atoms. The number of nitrogens with one attached hydrogen (secondary N) is 1. The van der Waals surface area contributed by atoms with Crippen molar-refractivity contribution in [2.75, 3.05) is 11.1 Å². The Morgan fingerprint density at radius 1 is 1.30 bits per heavy atom. The fourth-order valence-electron chi connectivity index (χ4n) is 2.08. The molecule has 1 amide bonds. The van der Waals surface area contributed by atoms with Gasteiger partial charge in [-0.2, -0.15) is 0 Å². The van der Waals surface area contributed by atoms with Gasteiger partial charge in [-0.1, -0.05) is 41.1 Å². The van der Waals surface area contributed by atoms with Gasteiger partial charge in [-0.15, -0.1) is 0 Å². The molecule has 0 aliphatic heterocycles. The number of nitrogen functional groups attached to an aromatic ring is 1. The molecule has 0 fully saturated rings. The lowest BCUT2D eigenvalue weighted by molar-refractivity contribution is 0.102. The van der Waals surface area contributed by atoms with Crippen LogP contribution in [0.4, 0.5) is 11.4 Å². The minimum atomic E-state index is -0.142. The Labute approximate surface area is 127 Å². The van der Waals surface area contributed by atoms with Crippen molar-refractivity contribution >= 4 is 33.2 Å². The summed E-state index contributed by atoms with van der Waals surface area (Å²) in [4.78, 5) is 12.4. The molecule has 3 N–H and O–H groups in total. The first kappa shape index (κ1) is 14.6. The van der Waals surface area contributed by atoms with E-state index < -0.39 is 0 Å². The summed E-state index contributed by atoms with van der Waals surface area (Å²) in [5.41, 5.74) is 9.84. The van der Waals surface area contributed by atoms with E-state index in [9.17, 15) is 4.79 Å². The van der Waals surface area contributed by atoms with Gasteiger partial charge in [0.05, 0.1) is 0 Å². The van der Waals surface area contributed by atoms with Crippen LogP contribution >= 0.6 is 15.9 Å². The van der Waals surface area contributed by atoms with Crippen LogP contribution in [0.2, 0.25) is 0 Å². The molecule has 0 aliphatic carbocycles. The first-order valence-electron chi connectivity index (χ1n) is 6.47. The van der Waals surface area contributed by atoms with Gasteiger partial charge in [0, 0.05) is 21.4 Å². The van der Waals surface area contributed by atoms with Crippen LogP contribution < -0.4 is 11.1 Å². The summed E-state index contributed by atoms with van der Waals surface area (Å²) in [6.45, 7) is 3.91. The maximum Gasteiger partial charge on any atom is 0.256 e. The number of para-hydroxylation sites is 1. The summed E-state index contributed by atoms with van der Waals surface area (Å²) >= 11 is 3.37. The van der Waals surface area contributed by atoms with E-state index in [0.29, 0.717) is 11.3 Å². The third kappa shape index (κ3) is 3.02. The van der Waals surface area contributed by atoms with Crippen LogP contribution in [0.1, 0.15) is 28.4 Å². The van der Waals surface area contributed by atoms with Crippen LogP contribution in [-0.4, -0.2) is 5.91 Å². The lowest BCUT2D eigenvalue weighted by Gasteiger charge is -2.12. The number of nitrogens with two attached hydrogens (primary N) is 1. The van der Waals surface area contributed by atoms with E-state index in [-0.39, 0.29) is 5.91 Å². The zero-order valence-corrected chi connectivity index (χ0v) is 13.1. The first-order chi connectivity index (χ1) is 9.52. The molecule has 0 saturated carbocycles. The number of amides is 1. The number of halogens is 1. The predicted octanol–water partition coefficient (Wildman–Crippen LogP) is 4.15. The second kappa shape index (κ2) is 6.09. The minimum Gasteiger partial charge on any atom is -0.398 e. The van der Waals surface area contributed by atoms with Crippen LogP contribution in [0.5, 0.6) is 0 Å². The average molecular weight is 333 g/mol. The monoisotopic (exact) mass is 332 g/mol. The van der Waals surface area contributed by atoms with Crippen LogP contribution in [-0.2, 0) is 6.42 Å². The van der Waals surface area contributed by atoms with E-state index in [1.807, 2.05) is 31.2 Å². The number of carbonyl (C=O) groups excluding carboxylic acids is 1. The smallest absolute Gasteiger partial charge is 0.256 e. The summed E-state index contributed by atoms with van der Waals surface area (Å²) in [6.07, 6.45) is 0.871. The third-order valence-corrected chi connectivity index (χ3v) is 3.76. The zero-order chi connectivity index (χ0) is 14.7. The number of carbonyl (C=O) groups is 1. The van der Waals surface area contributed by atoms with Gasteiger partial charge in [0.15, 0.2) is 0 Å². The molecule has 0 unspecified atom stereocenters. The first-order valence-corrected chi connectivity index (χ1v) is 7.27. The van der Waals surface area contributed by atoms with Crippen molar-refractivity contribution in [1.29, 1.82) is 0 Å². The number of hydrogen-bond acceptors (Lipinski definition) is 2. The number of hydrogen-bond donors (Lipinski definition) is 2. The van der Waals surface area contributed by atoms with Gasteiger partial charge in [0.1, 0.15) is 0 Å². The zero-order valence-electron chi connectivity index (χ0n) is 11.5. The van der Waals surface area contributed by atoms with Crippen molar-refractivity contribution in [3.05, 3.63) is 57.6 Å². The minimum absolute atomic E-state index is 0.142. The fraction of sp³-hybridized carbons (Fsp3) is 0.188. The standard InChI is InChI=1S/C16H17BrN2O/c1-3-11-6-4-5-7-15(11)19-16(20)13-8-12(17)9-14(18)10(13)2/h4-9H,3,18H2,1-2H3,(H,19,20). The molecule has 0 spiro atoms. The molecule has 0 aromatic heterocycles. The van der Waals surface area contributed by atoms with Crippen molar-refractivity contribution in [3.8, 4) is 0 Å². The Balaban J connectivity index is 2.33. The van der Waals surface area contributed by atoms with Crippen molar-refractivity contribution < 1.29 is 4.79 Å². The Morgan fingerprint density at radius 3 is 2.70 bits per heavy atom. The molecule has 2 aromatic rings. The van der Waals surface area contributed by atoms with Crippen LogP contribution in [0.15, 0.2) is 40.9 Å². The molecule has 0 atom stereocenters. The summed E-state index contributed by atoms with van der Waals surface area (Å²) in [7, 11) is 0. The van der Waals surface area contributed by atoms with Gasteiger partial charge in [-0.3, -0.25) is 4.79 Å². The van der Waals surface area contributed by atoms with Crippen LogP contribution in [0.25, 0.3) is 0 Å². The highest BCUT2D eigenvalue weighted by Gasteiger charge is 2.13. The molecular formula is C16H17BrN2O. The number of anilines is 2. The molecule has 2 aromatic carbocycles. The SMILES string of the molecule is CCc1ccccc1NC(=O)c1cc(Br)cc(N)c1C. The van der Waals surface area contributed by atoms with Gasteiger partial charge in [-0.05, 0) is 42.7 Å². The second-order valence-electron chi connectivity index (χ2n) is 4.63. The average Bonchev–Trinajstić information content (AvgIpc) is 2.43. The molecule has 0 saturated heterocycles. The van der Waals surface area contributed by atoms with E-state index in [2.05, 4.69) is 28.2 Å². The van der Waals surface area contributed by atoms with Gasteiger partial charge in [0.2, 0.25) is 0 Å². The van der Waals surface area contributed by atoms with E-state index in [1.54, 1.807) is 12.1 Å². The molecule has 0 aliphatic rings. The summed E-state index contributed by atoms with van der Waals surface area (Å²) < 4.78 is 0.800. The lowest BCUT2D eigenvalue weighted by atomic mass is 10.1. The number of aryl methyl sites for hydroxylation is 1. The van der Waals surface area contributed by atoms with Crippen molar-refractivity contribution in [2.24, 2.45) is 0 Å². The second-order valence-corrected chi connectivity index (χ2v) is 5.55. The number of benzene rings is 2. The van der Waals surface area contributed by atoms with Crippen molar-refractivity contribution in [1.82, 2.24) is 0 Å². The quantitative estimate of drug-likeness (QED) is 0.829. The van der Waals surface area contributed by atoms with Crippen LogP contribution in [0, 0.1) is 6.92 Å². The fourth-order valence-corrected chi connectivity index (χ4v) is 2.55. The summed E-state index contributed by atoms with van der Waals surface area (Å²) in [5.74, 6) is -0.142. The molecular weight excluding hydrogens is 316 g/mol. The van der Waals surface area contributed by atoms with Gasteiger partial charge in [-0.25, -0.2) is 0 Å². The van der Waals surface area contributed by atoms with E-state index >= 15 is 0 Å². The maximum absolute atomic E-state index is 12.4. The van der Waals surface area contributed by atoms with E-state index in [1.165, 1.54) is 0 Å². The Morgan fingerprint density at radius 2 is 2.00 bits per heavy atom. The largest absolute Gasteiger partial charge is 0.398 e. The maximum atomic E-state index is 12.4. The van der Waals surface area contributed by atoms with Gasteiger partial charge < -0.3 is 11.1 Å². The van der Waals surface area contributed by atoms with Gasteiger partial charge in [0.25, 0.3) is 5.91 Å². The van der Waals surface area contributed by atoms with Crippen molar-refractivity contribution in [2.45, 2.75) is 20.3 Å². The normalized spacial score (nSPS) is 10.3. The lowest BCUT2D eigenvalue weighted by Crippen LogP contribution is -2.15. The highest BCUT2D eigenvalue weighted by atomic mass is 79.9. The summed E-state index contributed by atoms with van der Waals surface area (Å²) in [6, 6.07) is 11.4. The summed E-state index contributed by atoms with van der Waals surface area (Å²) in [5, 5.41) is 2.96.